The lowest BCUT2D eigenvalue weighted by Crippen LogP contribution is -2.34. The summed E-state index contributed by atoms with van der Waals surface area (Å²) in [5.74, 6) is 0.463. The van der Waals surface area contributed by atoms with Crippen LogP contribution in [0.5, 0.6) is 0 Å². The summed E-state index contributed by atoms with van der Waals surface area (Å²) in [5, 5.41) is 12.9. The molecular weight excluding hydrogens is 212 g/mol. The van der Waals surface area contributed by atoms with Crippen molar-refractivity contribution >= 4 is 0 Å². The molecule has 1 aromatic heterocycles. The maximum absolute atomic E-state index is 9.29. The normalized spacial score (nSPS) is 24.4. The summed E-state index contributed by atoms with van der Waals surface area (Å²) in [6, 6.07) is 4.81. The van der Waals surface area contributed by atoms with Crippen molar-refractivity contribution in [3.05, 3.63) is 24.0 Å². The first kappa shape index (κ1) is 12.7. The van der Waals surface area contributed by atoms with Gasteiger partial charge in [-0.15, -0.1) is 0 Å². The molecule has 2 N–H and O–H groups in total. The van der Waals surface area contributed by atoms with Gasteiger partial charge >= 0.3 is 0 Å². The van der Waals surface area contributed by atoms with Gasteiger partial charge in [0, 0.05) is 37.6 Å². The molecule has 1 fully saturated rings. The first-order valence-corrected chi connectivity index (χ1v) is 6.83. The zero-order valence-corrected chi connectivity index (χ0v) is 10.7. The second-order valence-corrected chi connectivity index (χ2v) is 5.05. The molecule has 0 amide bonds. The molecule has 1 heterocycles. The Kier molecular flexibility index (Phi) is 4.63. The average Bonchev–Trinajstić information content (AvgIpc) is 2.95. The lowest BCUT2D eigenvalue weighted by molar-refractivity contribution is 0.204. The Morgan fingerprint density at radius 2 is 2.35 bits per heavy atom. The average molecular weight is 236 g/mol. The van der Waals surface area contributed by atoms with Crippen LogP contribution >= 0.6 is 0 Å². The topological polar surface area (TPSA) is 37.2 Å². The monoisotopic (exact) mass is 236 g/mol. The number of nitrogens with zero attached hydrogens (tertiary/aromatic N) is 1. The summed E-state index contributed by atoms with van der Waals surface area (Å²) in [7, 11) is 0. The fourth-order valence-corrected chi connectivity index (χ4v) is 2.83. The Hall–Kier alpha value is -0.800. The molecule has 3 heteroatoms. The molecule has 1 aliphatic rings. The van der Waals surface area contributed by atoms with E-state index < -0.39 is 0 Å². The highest BCUT2D eigenvalue weighted by molar-refractivity contribution is 5.07. The second kappa shape index (κ2) is 6.22. The fourth-order valence-electron chi connectivity index (χ4n) is 2.83. The van der Waals surface area contributed by atoms with Crippen LogP contribution in [0.2, 0.25) is 0 Å². The van der Waals surface area contributed by atoms with Gasteiger partial charge in [-0.25, -0.2) is 0 Å². The Bertz CT molecular complexity index is 335. The zero-order chi connectivity index (χ0) is 12.1. The summed E-state index contributed by atoms with van der Waals surface area (Å²) in [5.41, 5.74) is 1.36. The molecule has 1 saturated carbocycles. The van der Waals surface area contributed by atoms with E-state index in [1.165, 1.54) is 31.4 Å². The third-order valence-electron chi connectivity index (χ3n) is 3.83. The smallest absolute Gasteiger partial charge is 0.0474 e. The van der Waals surface area contributed by atoms with E-state index in [0.29, 0.717) is 18.6 Å². The molecule has 0 bridgehead atoms. The standard InChI is InChI=1S/C14H24N2O/c1-2-8-16-9-4-6-13(16)10-15-14-7-3-5-12(14)11-17/h4,6,9,12,14-15,17H,2-3,5,7-8,10-11H2,1H3. The number of hydrogen-bond donors (Lipinski definition) is 2. The lowest BCUT2D eigenvalue weighted by Gasteiger charge is -2.19. The number of nitrogens with one attached hydrogen (secondary N) is 1. The van der Waals surface area contributed by atoms with Gasteiger partial charge in [-0.3, -0.25) is 0 Å². The largest absolute Gasteiger partial charge is 0.396 e. The summed E-state index contributed by atoms with van der Waals surface area (Å²) >= 11 is 0. The summed E-state index contributed by atoms with van der Waals surface area (Å²) < 4.78 is 2.32. The van der Waals surface area contributed by atoms with Crippen molar-refractivity contribution in [1.29, 1.82) is 0 Å². The van der Waals surface area contributed by atoms with Crippen LogP contribution in [0.4, 0.5) is 0 Å². The minimum Gasteiger partial charge on any atom is -0.396 e. The molecule has 2 unspecified atom stereocenters. The quantitative estimate of drug-likeness (QED) is 0.794. The fraction of sp³-hybridized carbons (Fsp3) is 0.714. The van der Waals surface area contributed by atoms with Gasteiger partial charge < -0.3 is 15.0 Å². The van der Waals surface area contributed by atoms with Gasteiger partial charge in [-0.1, -0.05) is 13.3 Å². The molecule has 1 aliphatic carbocycles. The van der Waals surface area contributed by atoms with E-state index in [0.717, 1.165) is 13.1 Å². The molecule has 17 heavy (non-hydrogen) atoms. The lowest BCUT2D eigenvalue weighted by atomic mass is 10.1. The van der Waals surface area contributed by atoms with Crippen LogP contribution in [0.25, 0.3) is 0 Å². The second-order valence-electron chi connectivity index (χ2n) is 5.05. The van der Waals surface area contributed by atoms with Crippen LogP contribution in [-0.4, -0.2) is 22.3 Å². The summed E-state index contributed by atoms with van der Waals surface area (Å²) in [6.45, 7) is 4.55. The van der Waals surface area contributed by atoms with E-state index >= 15 is 0 Å². The highest BCUT2D eigenvalue weighted by Gasteiger charge is 2.25. The third-order valence-corrected chi connectivity index (χ3v) is 3.83. The molecular formula is C14H24N2O. The van der Waals surface area contributed by atoms with Gasteiger partial charge in [-0.2, -0.15) is 0 Å². The maximum atomic E-state index is 9.29. The first-order chi connectivity index (χ1) is 8.35. The van der Waals surface area contributed by atoms with Gasteiger partial charge in [0.05, 0.1) is 0 Å². The van der Waals surface area contributed by atoms with Crippen molar-refractivity contribution in [3.8, 4) is 0 Å². The SMILES string of the molecule is CCCn1cccc1CNC1CCCC1CO. The molecule has 2 rings (SSSR count). The van der Waals surface area contributed by atoms with E-state index in [2.05, 4.69) is 35.1 Å². The molecule has 1 aromatic rings. The Morgan fingerprint density at radius 1 is 1.47 bits per heavy atom. The third kappa shape index (κ3) is 3.11. The van der Waals surface area contributed by atoms with Crippen LogP contribution < -0.4 is 5.32 Å². The molecule has 0 aromatic carbocycles. The minimum atomic E-state index is 0.327. The van der Waals surface area contributed by atoms with Crippen molar-refractivity contribution < 1.29 is 5.11 Å². The molecule has 96 valence electrons. The summed E-state index contributed by atoms with van der Waals surface area (Å²) in [6.07, 6.45) is 6.95. The van der Waals surface area contributed by atoms with Gasteiger partial charge in [-0.05, 0) is 37.3 Å². The van der Waals surface area contributed by atoms with Gasteiger partial charge in [0.25, 0.3) is 0 Å². The number of hydrogen-bond acceptors (Lipinski definition) is 2. The molecule has 0 aliphatic heterocycles. The van der Waals surface area contributed by atoms with E-state index in [4.69, 9.17) is 0 Å². The number of aryl methyl sites for hydroxylation is 1. The highest BCUT2D eigenvalue weighted by Crippen LogP contribution is 2.25. The van der Waals surface area contributed by atoms with E-state index in [-0.39, 0.29) is 0 Å². The Morgan fingerprint density at radius 3 is 3.12 bits per heavy atom. The molecule has 0 radical (unpaired) electrons. The minimum absolute atomic E-state index is 0.327. The van der Waals surface area contributed by atoms with E-state index in [1.807, 2.05) is 0 Å². The number of rotatable bonds is 6. The van der Waals surface area contributed by atoms with Crippen molar-refractivity contribution in [2.75, 3.05) is 6.61 Å². The number of aliphatic hydroxyl groups is 1. The van der Waals surface area contributed by atoms with Crippen molar-refractivity contribution in [2.24, 2.45) is 5.92 Å². The van der Waals surface area contributed by atoms with Crippen LogP contribution in [0, 0.1) is 5.92 Å². The molecule has 0 spiro atoms. The highest BCUT2D eigenvalue weighted by atomic mass is 16.3. The number of aliphatic hydroxyl groups excluding tert-OH is 1. The van der Waals surface area contributed by atoms with E-state index in [1.54, 1.807) is 0 Å². The molecule has 0 saturated heterocycles. The van der Waals surface area contributed by atoms with Crippen molar-refractivity contribution in [2.45, 2.75) is 51.7 Å². The first-order valence-electron chi connectivity index (χ1n) is 6.83. The van der Waals surface area contributed by atoms with Gasteiger partial charge in [0.15, 0.2) is 0 Å². The maximum Gasteiger partial charge on any atom is 0.0474 e. The number of aromatic nitrogens is 1. The van der Waals surface area contributed by atoms with Crippen molar-refractivity contribution in [1.82, 2.24) is 9.88 Å². The van der Waals surface area contributed by atoms with E-state index in [9.17, 15) is 5.11 Å². The molecule has 2 atom stereocenters. The predicted molar refractivity (Wildman–Crippen MR) is 69.8 cm³/mol. The van der Waals surface area contributed by atoms with Crippen LogP contribution in [0.15, 0.2) is 18.3 Å². The Labute approximate surface area is 104 Å². The van der Waals surface area contributed by atoms with Gasteiger partial charge in [0.2, 0.25) is 0 Å². The van der Waals surface area contributed by atoms with Crippen molar-refractivity contribution in [3.63, 3.8) is 0 Å². The molecule has 3 nitrogen and oxygen atoms in total. The van der Waals surface area contributed by atoms with Crippen LogP contribution in [0.1, 0.15) is 38.3 Å². The Balaban J connectivity index is 1.86. The van der Waals surface area contributed by atoms with Gasteiger partial charge in [0.1, 0.15) is 0 Å². The summed E-state index contributed by atoms with van der Waals surface area (Å²) in [4.78, 5) is 0. The van der Waals surface area contributed by atoms with Crippen LogP contribution in [-0.2, 0) is 13.1 Å². The predicted octanol–water partition coefficient (Wildman–Crippen LogP) is 2.15. The van der Waals surface area contributed by atoms with Crippen LogP contribution in [0.3, 0.4) is 0 Å². The zero-order valence-electron chi connectivity index (χ0n) is 10.7.